The number of benzene rings is 1. The van der Waals surface area contributed by atoms with Crippen molar-refractivity contribution >= 4 is 28.9 Å². The molecule has 1 aliphatic carbocycles. The molecule has 0 aliphatic heterocycles. The van der Waals surface area contributed by atoms with Gasteiger partial charge in [0.1, 0.15) is 5.69 Å². The summed E-state index contributed by atoms with van der Waals surface area (Å²) in [5, 5.41) is 3.81. The number of thiazole rings is 1. The van der Waals surface area contributed by atoms with Gasteiger partial charge in [-0.15, -0.1) is 11.3 Å². The zero-order valence-corrected chi connectivity index (χ0v) is 16.6. The standard InChI is InChI=1S/C20H21N5OS/c1-11-7-12(2)9-14(8-11)22-20-21-10-13-5-6-15-17(16(13)24-20)23-18(27-15)19(26)25(3)4/h7-10H,5-6H2,1-4H3,(H,21,22,24). The van der Waals surface area contributed by atoms with Gasteiger partial charge in [-0.3, -0.25) is 4.79 Å². The quantitative estimate of drug-likeness (QED) is 0.750. The molecule has 4 rings (SSSR count). The molecule has 1 aliphatic rings. The summed E-state index contributed by atoms with van der Waals surface area (Å²) in [6, 6.07) is 6.26. The largest absolute Gasteiger partial charge is 0.343 e. The normalized spacial score (nSPS) is 12.3. The SMILES string of the molecule is Cc1cc(C)cc(Nc2ncc3c(n2)-c2nc(C(=O)N(C)C)sc2CC3)c1. The fourth-order valence-corrected chi connectivity index (χ4v) is 4.35. The van der Waals surface area contributed by atoms with Crippen molar-refractivity contribution in [1.29, 1.82) is 0 Å². The molecule has 138 valence electrons. The average molecular weight is 379 g/mol. The van der Waals surface area contributed by atoms with Crippen molar-refractivity contribution in [3.05, 3.63) is 51.0 Å². The van der Waals surface area contributed by atoms with E-state index < -0.39 is 0 Å². The molecule has 0 fully saturated rings. The molecule has 6 nitrogen and oxygen atoms in total. The third kappa shape index (κ3) is 3.42. The molecule has 2 heterocycles. The van der Waals surface area contributed by atoms with Gasteiger partial charge in [-0.2, -0.15) is 0 Å². The number of aromatic nitrogens is 3. The van der Waals surface area contributed by atoms with Crippen LogP contribution in [0.3, 0.4) is 0 Å². The Bertz CT molecular complexity index is 1020. The van der Waals surface area contributed by atoms with E-state index in [4.69, 9.17) is 4.98 Å². The summed E-state index contributed by atoms with van der Waals surface area (Å²) in [4.78, 5) is 28.7. The maximum atomic E-state index is 12.3. The lowest BCUT2D eigenvalue weighted by molar-refractivity contribution is 0.0827. The number of nitrogens with one attached hydrogen (secondary N) is 1. The van der Waals surface area contributed by atoms with Crippen molar-refractivity contribution in [2.24, 2.45) is 0 Å². The molecule has 0 bridgehead atoms. The van der Waals surface area contributed by atoms with Crippen LogP contribution in [0.25, 0.3) is 11.4 Å². The molecule has 0 unspecified atom stereocenters. The number of fused-ring (bicyclic) bond motifs is 3. The van der Waals surface area contributed by atoms with E-state index in [1.807, 2.05) is 6.20 Å². The van der Waals surface area contributed by atoms with Crippen molar-refractivity contribution < 1.29 is 4.79 Å². The molecule has 0 atom stereocenters. The minimum atomic E-state index is -0.0707. The van der Waals surface area contributed by atoms with Crippen molar-refractivity contribution in [1.82, 2.24) is 19.9 Å². The number of hydrogen-bond donors (Lipinski definition) is 1. The fourth-order valence-electron chi connectivity index (χ4n) is 3.27. The highest BCUT2D eigenvalue weighted by Gasteiger charge is 2.25. The summed E-state index contributed by atoms with van der Waals surface area (Å²) >= 11 is 1.47. The number of nitrogens with zero attached hydrogens (tertiary/aromatic N) is 4. The third-order valence-corrected chi connectivity index (χ3v) is 5.58. The third-order valence-electron chi connectivity index (χ3n) is 4.47. The summed E-state index contributed by atoms with van der Waals surface area (Å²) in [6.07, 6.45) is 3.60. The molecule has 0 spiro atoms. The van der Waals surface area contributed by atoms with E-state index in [1.165, 1.54) is 22.5 Å². The topological polar surface area (TPSA) is 71.0 Å². The van der Waals surface area contributed by atoms with Gasteiger partial charge in [-0.05, 0) is 55.5 Å². The summed E-state index contributed by atoms with van der Waals surface area (Å²) in [6.45, 7) is 4.13. The Kier molecular flexibility index (Phi) is 4.39. The van der Waals surface area contributed by atoms with Crippen LogP contribution in [0.15, 0.2) is 24.4 Å². The van der Waals surface area contributed by atoms with E-state index in [0.717, 1.165) is 40.4 Å². The lowest BCUT2D eigenvalue weighted by Crippen LogP contribution is -2.21. The van der Waals surface area contributed by atoms with Gasteiger partial charge >= 0.3 is 0 Å². The molecular formula is C20H21N5OS. The Labute approximate surface area is 162 Å². The van der Waals surface area contributed by atoms with Crippen LogP contribution in [0.4, 0.5) is 11.6 Å². The Hall–Kier alpha value is -2.80. The number of rotatable bonds is 3. The molecule has 3 aromatic rings. The van der Waals surface area contributed by atoms with Crippen LogP contribution in [0.5, 0.6) is 0 Å². The Balaban J connectivity index is 1.70. The summed E-state index contributed by atoms with van der Waals surface area (Å²) in [5.41, 5.74) is 6.05. The van der Waals surface area contributed by atoms with Gasteiger partial charge in [-0.1, -0.05) is 6.07 Å². The van der Waals surface area contributed by atoms with Gasteiger partial charge in [0.05, 0.1) is 5.69 Å². The van der Waals surface area contributed by atoms with Crippen molar-refractivity contribution in [2.75, 3.05) is 19.4 Å². The molecule has 0 saturated carbocycles. The minimum Gasteiger partial charge on any atom is -0.343 e. The first kappa shape index (κ1) is 17.6. The van der Waals surface area contributed by atoms with Crippen molar-refractivity contribution in [3.63, 3.8) is 0 Å². The van der Waals surface area contributed by atoms with Crippen LogP contribution < -0.4 is 5.32 Å². The molecule has 2 aromatic heterocycles. The molecule has 7 heteroatoms. The second-order valence-corrected chi connectivity index (χ2v) is 8.14. The summed E-state index contributed by atoms with van der Waals surface area (Å²) in [7, 11) is 3.48. The van der Waals surface area contributed by atoms with Gasteiger partial charge in [0.15, 0.2) is 5.01 Å². The highest BCUT2D eigenvalue weighted by atomic mass is 32.1. The molecule has 0 saturated heterocycles. The monoisotopic (exact) mass is 379 g/mol. The van der Waals surface area contributed by atoms with Gasteiger partial charge < -0.3 is 10.2 Å². The predicted octanol–water partition coefficient (Wildman–Crippen LogP) is 3.76. The highest BCUT2D eigenvalue weighted by Crippen LogP contribution is 2.35. The smallest absolute Gasteiger partial charge is 0.282 e. The van der Waals surface area contributed by atoms with Gasteiger partial charge in [-0.25, -0.2) is 15.0 Å². The van der Waals surface area contributed by atoms with Crippen molar-refractivity contribution in [2.45, 2.75) is 26.7 Å². The second-order valence-electron chi connectivity index (χ2n) is 7.06. The van der Waals surface area contributed by atoms with Crippen LogP contribution in [0.2, 0.25) is 0 Å². The molecule has 0 radical (unpaired) electrons. The lowest BCUT2D eigenvalue weighted by atomic mass is 10.00. The van der Waals surface area contributed by atoms with Crippen LogP contribution in [0.1, 0.15) is 31.4 Å². The van der Waals surface area contributed by atoms with E-state index in [2.05, 4.69) is 47.3 Å². The fraction of sp³-hybridized carbons (Fsp3) is 0.300. The maximum absolute atomic E-state index is 12.3. The lowest BCUT2D eigenvalue weighted by Gasteiger charge is -2.15. The van der Waals surface area contributed by atoms with E-state index in [0.29, 0.717) is 11.0 Å². The van der Waals surface area contributed by atoms with Crippen LogP contribution >= 0.6 is 11.3 Å². The van der Waals surface area contributed by atoms with E-state index in [-0.39, 0.29) is 5.91 Å². The number of anilines is 2. The van der Waals surface area contributed by atoms with Gasteiger partial charge in [0, 0.05) is 30.9 Å². The Morgan fingerprint density at radius 2 is 1.81 bits per heavy atom. The molecular weight excluding hydrogens is 358 g/mol. The van der Waals surface area contributed by atoms with E-state index in [9.17, 15) is 4.79 Å². The van der Waals surface area contributed by atoms with Crippen LogP contribution in [-0.4, -0.2) is 39.9 Å². The number of amides is 1. The number of carbonyl (C=O) groups excluding carboxylic acids is 1. The predicted molar refractivity (Wildman–Crippen MR) is 108 cm³/mol. The first-order chi connectivity index (χ1) is 12.9. The van der Waals surface area contributed by atoms with E-state index >= 15 is 0 Å². The zero-order chi connectivity index (χ0) is 19.1. The Morgan fingerprint density at radius 1 is 1.07 bits per heavy atom. The first-order valence-corrected chi connectivity index (χ1v) is 9.65. The molecule has 1 aromatic carbocycles. The number of hydrogen-bond acceptors (Lipinski definition) is 6. The minimum absolute atomic E-state index is 0.0707. The van der Waals surface area contributed by atoms with Crippen molar-refractivity contribution in [3.8, 4) is 11.4 Å². The first-order valence-electron chi connectivity index (χ1n) is 8.83. The Morgan fingerprint density at radius 3 is 2.52 bits per heavy atom. The van der Waals surface area contributed by atoms with Crippen LogP contribution in [-0.2, 0) is 12.8 Å². The van der Waals surface area contributed by atoms with E-state index in [1.54, 1.807) is 19.0 Å². The maximum Gasteiger partial charge on any atom is 0.282 e. The molecule has 1 amide bonds. The molecule has 1 N–H and O–H groups in total. The molecule has 27 heavy (non-hydrogen) atoms. The van der Waals surface area contributed by atoms with Crippen LogP contribution in [0, 0.1) is 13.8 Å². The number of aryl methyl sites for hydroxylation is 4. The zero-order valence-electron chi connectivity index (χ0n) is 15.8. The van der Waals surface area contributed by atoms with Gasteiger partial charge in [0.25, 0.3) is 5.91 Å². The number of carbonyl (C=O) groups is 1. The highest BCUT2D eigenvalue weighted by molar-refractivity contribution is 7.14. The second kappa shape index (κ2) is 6.74. The van der Waals surface area contributed by atoms with Gasteiger partial charge in [0.2, 0.25) is 5.95 Å². The summed E-state index contributed by atoms with van der Waals surface area (Å²) < 4.78 is 0. The summed E-state index contributed by atoms with van der Waals surface area (Å²) in [5.74, 6) is 0.471. The average Bonchev–Trinajstić information content (AvgIpc) is 3.04.